The van der Waals surface area contributed by atoms with Gasteiger partial charge in [0, 0.05) is 25.1 Å². The Balaban J connectivity index is 1.84. The van der Waals surface area contributed by atoms with E-state index < -0.39 is 28.5 Å². The molecule has 11 heteroatoms. The Morgan fingerprint density at radius 2 is 1.47 bits per heavy atom. The van der Waals surface area contributed by atoms with Crippen LogP contribution in [0.3, 0.4) is 0 Å². The van der Waals surface area contributed by atoms with E-state index in [-0.39, 0.29) is 35.6 Å². The van der Waals surface area contributed by atoms with Crippen LogP contribution >= 0.6 is 0 Å². The largest absolute Gasteiger partial charge is 0.497 e. The summed E-state index contributed by atoms with van der Waals surface area (Å²) in [5, 5.41) is 3.05. The molecule has 0 saturated carbocycles. The van der Waals surface area contributed by atoms with Gasteiger partial charge in [-0.15, -0.1) is 0 Å². The molecule has 0 saturated heterocycles. The molecular formula is C38H45N3O7S. The number of hydrogen-bond donors (Lipinski definition) is 1. The number of nitrogens with zero attached hydrogens (tertiary/aromatic N) is 2. The van der Waals surface area contributed by atoms with Crippen LogP contribution in [-0.4, -0.2) is 65.1 Å². The number of carbonyl (C=O) groups excluding carboxylic acids is 2. The Morgan fingerprint density at radius 3 is 2.10 bits per heavy atom. The number of amides is 2. The molecule has 0 aliphatic rings. The van der Waals surface area contributed by atoms with E-state index in [9.17, 15) is 18.0 Å². The van der Waals surface area contributed by atoms with Crippen molar-refractivity contribution in [3.05, 3.63) is 114 Å². The van der Waals surface area contributed by atoms with Gasteiger partial charge in [0.2, 0.25) is 11.8 Å². The summed E-state index contributed by atoms with van der Waals surface area (Å²) < 4.78 is 46.1. The van der Waals surface area contributed by atoms with Crippen molar-refractivity contribution in [1.82, 2.24) is 10.2 Å². The Bertz CT molecular complexity index is 1820. The summed E-state index contributed by atoms with van der Waals surface area (Å²) in [6, 6.07) is 26.7. The monoisotopic (exact) mass is 687 g/mol. The molecule has 260 valence electrons. The average Bonchev–Trinajstić information content (AvgIpc) is 3.12. The van der Waals surface area contributed by atoms with Gasteiger partial charge in [0.05, 0.1) is 31.9 Å². The topological polar surface area (TPSA) is 114 Å². The fourth-order valence-corrected chi connectivity index (χ4v) is 6.74. The first-order valence-corrected chi connectivity index (χ1v) is 17.5. The van der Waals surface area contributed by atoms with Crippen LogP contribution in [0.25, 0.3) is 0 Å². The zero-order valence-electron chi connectivity index (χ0n) is 28.9. The molecule has 4 rings (SSSR count). The van der Waals surface area contributed by atoms with E-state index >= 15 is 0 Å². The second-order valence-electron chi connectivity index (χ2n) is 11.8. The summed E-state index contributed by atoms with van der Waals surface area (Å²) in [5.41, 5.74) is 2.77. The molecule has 2 amide bonds. The smallest absolute Gasteiger partial charge is 0.264 e. The van der Waals surface area contributed by atoms with Crippen molar-refractivity contribution in [2.45, 2.75) is 57.1 Å². The number of methoxy groups -OCH3 is 3. The highest BCUT2D eigenvalue weighted by atomic mass is 32.2. The molecule has 0 spiro atoms. The SMILES string of the molecule is CC[C@@H](C)NC(=O)[C@H](Cc1ccccc1)N(Cc1cccc(OC)c1)C(=O)CN(c1ccc(C)cc1)S(=O)(=O)c1ccc(OC)c(OC)c1. The van der Waals surface area contributed by atoms with E-state index in [1.165, 1.54) is 37.3 Å². The molecule has 0 heterocycles. The van der Waals surface area contributed by atoms with Crippen molar-refractivity contribution in [1.29, 1.82) is 0 Å². The van der Waals surface area contributed by atoms with E-state index in [1.807, 2.05) is 63.2 Å². The van der Waals surface area contributed by atoms with Gasteiger partial charge in [0.1, 0.15) is 18.3 Å². The molecule has 10 nitrogen and oxygen atoms in total. The third-order valence-electron chi connectivity index (χ3n) is 8.30. The van der Waals surface area contributed by atoms with Gasteiger partial charge in [-0.1, -0.05) is 67.1 Å². The molecule has 0 aliphatic heterocycles. The lowest BCUT2D eigenvalue weighted by Crippen LogP contribution is -2.54. The Labute approximate surface area is 289 Å². The highest BCUT2D eigenvalue weighted by Gasteiger charge is 2.35. The lowest BCUT2D eigenvalue weighted by atomic mass is 10.0. The maximum atomic E-state index is 14.7. The van der Waals surface area contributed by atoms with Gasteiger partial charge in [-0.3, -0.25) is 13.9 Å². The van der Waals surface area contributed by atoms with Crippen molar-refractivity contribution in [2.24, 2.45) is 0 Å². The van der Waals surface area contributed by atoms with E-state index in [2.05, 4.69) is 5.32 Å². The van der Waals surface area contributed by atoms with Gasteiger partial charge < -0.3 is 24.4 Å². The number of ether oxygens (including phenoxy) is 3. The second kappa shape index (κ2) is 16.9. The minimum absolute atomic E-state index is 0.0274. The van der Waals surface area contributed by atoms with Crippen molar-refractivity contribution in [3.8, 4) is 17.2 Å². The molecule has 0 bridgehead atoms. The van der Waals surface area contributed by atoms with Crippen molar-refractivity contribution in [3.63, 3.8) is 0 Å². The minimum Gasteiger partial charge on any atom is -0.497 e. The molecule has 0 aliphatic carbocycles. The summed E-state index contributed by atoms with van der Waals surface area (Å²) in [5.74, 6) is 0.278. The van der Waals surface area contributed by atoms with Gasteiger partial charge >= 0.3 is 0 Å². The highest BCUT2D eigenvalue weighted by Crippen LogP contribution is 2.32. The van der Waals surface area contributed by atoms with Crippen LogP contribution in [0.2, 0.25) is 0 Å². The Morgan fingerprint density at radius 1 is 0.796 bits per heavy atom. The van der Waals surface area contributed by atoms with Gasteiger partial charge in [0.15, 0.2) is 11.5 Å². The third kappa shape index (κ3) is 9.32. The Kier molecular flexibility index (Phi) is 12.7. The minimum atomic E-state index is -4.33. The summed E-state index contributed by atoms with van der Waals surface area (Å²) >= 11 is 0. The summed E-state index contributed by atoms with van der Waals surface area (Å²) in [6.45, 7) is 5.21. The quantitative estimate of drug-likeness (QED) is 0.159. The van der Waals surface area contributed by atoms with Crippen molar-refractivity contribution < 1.29 is 32.2 Å². The van der Waals surface area contributed by atoms with E-state index in [0.29, 0.717) is 29.2 Å². The maximum absolute atomic E-state index is 14.7. The zero-order valence-corrected chi connectivity index (χ0v) is 29.7. The van der Waals surface area contributed by atoms with Crippen LogP contribution in [0, 0.1) is 6.92 Å². The van der Waals surface area contributed by atoms with Crippen LogP contribution in [0.15, 0.2) is 102 Å². The lowest BCUT2D eigenvalue weighted by molar-refractivity contribution is -0.140. The molecule has 4 aromatic rings. The number of carbonyl (C=O) groups is 2. The molecule has 0 radical (unpaired) electrons. The standard InChI is InChI=1S/C38H45N3O7S/c1-7-28(3)39-38(43)34(23-29-12-9-8-10-13-29)40(25-30-14-11-15-32(22-30)46-4)37(42)26-41(31-18-16-27(2)17-19-31)49(44,45)33-20-21-35(47-5)36(24-33)48-6/h8-22,24,28,34H,7,23,25-26H2,1-6H3,(H,39,43)/t28-,34+/m1/s1. The summed E-state index contributed by atoms with van der Waals surface area (Å²) in [6.07, 6.45) is 0.907. The first-order chi connectivity index (χ1) is 23.5. The molecule has 0 aromatic heterocycles. The lowest BCUT2D eigenvalue weighted by Gasteiger charge is -2.34. The molecule has 49 heavy (non-hydrogen) atoms. The molecular weight excluding hydrogens is 642 g/mol. The molecule has 0 unspecified atom stereocenters. The average molecular weight is 688 g/mol. The number of nitrogens with one attached hydrogen (secondary N) is 1. The fourth-order valence-electron chi connectivity index (χ4n) is 5.31. The predicted molar refractivity (Wildman–Crippen MR) is 191 cm³/mol. The second-order valence-corrected chi connectivity index (χ2v) is 13.6. The normalized spacial score (nSPS) is 12.4. The molecule has 0 fully saturated rings. The van der Waals surface area contributed by atoms with Crippen molar-refractivity contribution >= 4 is 27.5 Å². The number of anilines is 1. The molecule has 1 N–H and O–H groups in total. The van der Waals surface area contributed by atoms with Gasteiger partial charge in [-0.2, -0.15) is 0 Å². The maximum Gasteiger partial charge on any atom is 0.264 e. The number of rotatable bonds is 16. The zero-order chi connectivity index (χ0) is 35.6. The van der Waals surface area contributed by atoms with Crippen LogP contribution in [0.5, 0.6) is 17.2 Å². The van der Waals surface area contributed by atoms with Gasteiger partial charge in [-0.05, 0) is 67.8 Å². The van der Waals surface area contributed by atoms with E-state index in [1.54, 1.807) is 43.5 Å². The predicted octanol–water partition coefficient (Wildman–Crippen LogP) is 5.77. The number of hydrogen-bond acceptors (Lipinski definition) is 7. The van der Waals surface area contributed by atoms with Gasteiger partial charge in [-0.25, -0.2) is 8.42 Å². The first kappa shape index (κ1) is 36.8. The van der Waals surface area contributed by atoms with Crippen LogP contribution in [-0.2, 0) is 32.6 Å². The number of benzene rings is 4. The van der Waals surface area contributed by atoms with E-state index in [0.717, 1.165) is 15.4 Å². The van der Waals surface area contributed by atoms with Crippen LogP contribution < -0.4 is 23.8 Å². The fraction of sp³-hybridized carbons (Fsp3) is 0.316. The Hall–Kier alpha value is -5.03. The van der Waals surface area contributed by atoms with Crippen LogP contribution in [0.1, 0.15) is 37.0 Å². The first-order valence-electron chi connectivity index (χ1n) is 16.1. The third-order valence-corrected chi connectivity index (χ3v) is 10.1. The summed E-state index contributed by atoms with van der Waals surface area (Å²) in [7, 11) is 0.101. The highest BCUT2D eigenvalue weighted by molar-refractivity contribution is 7.92. The van der Waals surface area contributed by atoms with E-state index in [4.69, 9.17) is 14.2 Å². The molecule has 2 atom stereocenters. The number of aryl methyl sites for hydroxylation is 1. The van der Waals surface area contributed by atoms with Crippen LogP contribution in [0.4, 0.5) is 5.69 Å². The summed E-state index contributed by atoms with van der Waals surface area (Å²) in [4.78, 5) is 30.1. The molecule has 4 aromatic carbocycles. The van der Waals surface area contributed by atoms with Crippen molar-refractivity contribution in [2.75, 3.05) is 32.2 Å². The van der Waals surface area contributed by atoms with Gasteiger partial charge in [0.25, 0.3) is 10.0 Å². The number of sulfonamides is 1.